The number of carbonyl (C=O) groups excluding carboxylic acids is 3. The summed E-state index contributed by atoms with van der Waals surface area (Å²) >= 11 is 0. The van der Waals surface area contributed by atoms with E-state index in [0.29, 0.717) is 5.56 Å². The van der Waals surface area contributed by atoms with Crippen molar-refractivity contribution in [2.24, 2.45) is 10.2 Å². The molecule has 1 heterocycles. The van der Waals surface area contributed by atoms with Crippen LogP contribution in [0.5, 0.6) is 0 Å². The van der Waals surface area contributed by atoms with Crippen LogP contribution in [0.3, 0.4) is 0 Å². The smallest absolute Gasteiger partial charge is 0.321 e. The zero-order valence-corrected chi connectivity index (χ0v) is 11.7. The second-order valence-corrected chi connectivity index (χ2v) is 4.55. The fraction of sp³-hybridized carbons (Fsp3) is 0.214. The molecule has 2 rings (SSSR count). The van der Waals surface area contributed by atoms with Crippen LogP contribution in [0.1, 0.15) is 12.5 Å². The lowest BCUT2D eigenvalue weighted by Gasteiger charge is -2.17. The van der Waals surface area contributed by atoms with E-state index in [9.17, 15) is 19.5 Å². The summed E-state index contributed by atoms with van der Waals surface area (Å²) in [6.07, 6.45) is 0. The Kier molecular flexibility index (Phi) is 4.62. The summed E-state index contributed by atoms with van der Waals surface area (Å²) in [5.41, 5.74) is 0.156. The number of azo groups is 1. The average molecular weight is 302 g/mol. The summed E-state index contributed by atoms with van der Waals surface area (Å²) in [6, 6.07) is 6.83. The van der Waals surface area contributed by atoms with Gasteiger partial charge in [0.15, 0.2) is 23.3 Å². The van der Waals surface area contributed by atoms with Gasteiger partial charge in [0.25, 0.3) is 5.91 Å². The Bertz CT molecular complexity index is 667. The monoisotopic (exact) mass is 302 g/mol. The fourth-order valence-electron chi connectivity index (χ4n) is 1.76. The first kappa shape index (κ1) is 15.4. The molecule has 1 saturated heterocycles. The molecule has 114 valence electrons. The first-order valence-corrected chi connectivity index (χ1v) is 6.48. The summed E-state index contributed by atoms with van der Waals surface area (Å²) in [7, 11) is 0. The number of Topliss-reactive ketones (excluding diaryl/α,β-unsaturated/α-hetero) is 1. The van der Waals surface area contributed by atoms with Crippen LogP contribution in [0.15, 0.2) is 46.3 Å². The van der Waals surface area contributed by atoms with Crippen molar-refractivity contribution in [1.29, 1.82) is 0 Å². The number of ketones is 1. The highest BCUT2D eigenvalue weighted by Crippen LogP contribution is 2.18. The average Bonchev–Trinajstić information content (AvgIpc) is 2.49. The lowest BCUT2D eigenvalue weighted by atomic mass is 10.1. The van der Waals surface area contributed by atoms with Gasteiger partial charge in [-0.3, -0.25) is 14.9 Å². The first-order valence-electron chi connectivity index (χ1n) is 6.48. The van der Waals surface area contributed by atoms with Gasteiger partial charge < -0.3 is 10.4 Å². The zero-order chi connectivity index (χ0) is 16.1. The van der Waals surface area contributed by atoms with Gasteiger partial charge in [-0.1, -0.05) is 30.3 Å². The molecule has 0 saturated carbocycles. The van der Waals surface area contributed by atoms with E-state index in [4.69, 9.17) is 0 Å². The molecule has 1 fully saturated rings. The van der Waals surface area contributed by atoms with Gasteiger partial charge >= 0.3 is 6.03 Å². The first-order chi connectivity index (χ1) is 10.5. The number of rotatable bonds is 4. The molecule has 1 atom stereocenters. The van der Waals surface area contributed by atoms with Crippen molar-refractivity contribution in [3.8, 4) is 0 Å². The molecule has 3 amide bonds. The lowest BCUT2D eigenvalue weighted by Crippen LogP contribution is -2.54. The van der Waals surface area contributed by atoms with E-state index in [1.54, 1.807) is 30.3 Å². The number of benzene rings is 1. The molecular formula is C14H14N4O4. The largest absolute Gasteiger partial charge is 0.505 e. The van der Waals surface area contributed by atoms with E-state index in [0.717, 1.165) is 0 Å². The van der Waals surface area contributed by atoms with Crippen LogP contribution in [0.4, 0.5) is 4.79 Å². The minimum absolute atomic E-state index is 0.0224. The van der Waals surface area contributed by atoms with E-state index in [2.05, 4.69) is 15.5 Å². The van der Waals surface area contributed by atoms with Crippen molar-refractivity contribution in [3.63, 3.8) is 0 Å². The minimum Gasteiger partial charge on any atom is -0.505 e. The molecule has 1 unspecified atom stereocenters. The highest BCUT2D eigenvalue weighted by Gasteiger charge is 2.26. The Morgan fingerprint density at radius 1 is 1.27 bits per heavy atom. The number of nitrogens with one attached hydrogen (secondary N) is 2. The summed E-state index contributed by atoms with van der Waals surface area (Å²) in [6.45, 7) is 1.21. The van der Waals surface area contributed by atoms with Gasteiger partial charge in [-0.15, -0.1) is 5.11 Å². The molecule has 1 aromatic carbocycles. The normalized spacial score (nSPS) is 19.4. The number of imide groups is 1. The number of hydrogen-bond donors (Lipinski definition) is 3. The topological polar surface area (TPSA) is 120 Å². The Balaban J connectivity index is 2.26. The number of hydrogen-bond acceptors (Lipinski definition) is 6. The van der Waals surface area contributed by atoms with E-state index in [1.807, 2.05) is 5.32 Å². The minimum atomic E-state index is -0.948. The summed E-state index contributed by atoms with van der Waals surface area (Å²) in [5.74, 6) is -1.43. The zero-order valence-electron chi connectivity index (χ0n) is 11.7. The van der Waals surface area contributed by atoms with Crippen LogP contribution in [0.25, 0.3) is 5.76 Å². The Morgan fingerprint density at radius 2 is 1.95 bits per heavy atom. The van der Waals surface area contributed by atoms with Gasteiger partial charge in [0.05, 0.1) is 6.54 Å². The van der Waals surface area contributed by atoms with Crippen LogP contribution in [0, 0.1) is 0 Å². The van der Waals surface area contributed by atoms with Gasteiger partial charge in [0, 0.05) is 12.5 Å². The van der Waals surface area contributed by atoms with E-state index in [1.165, 1.54) is 6.92 Å². The van der Waals surface area contributed by atoms with Crippen molar-refractivity contribution in [3.05, 3.63) is 41.6 Å². The van der Waals surface area contributed by atoms with Crippen LogP contribution in [-0.2, 0) is 9.59 Å². The Morgan fingerprint density at radius 3 is 2.55 bits per heavy atom. The third-order valence-electron chi connectivity index (χ3n) is 2.90. The third kappa shape index (κ3) is 3.54. The highest BCUT2D eigenvalue weighted by molar-refractivity contribution is 6.00. The molecule has 8 nitrogen and oxygen atoms in total. The number of aliphatic hydroxyl groups is 1. The van der Waals surface area contributed by atoms with Crippen molar-refractivity contribution in [1.82, 2.24) is 10.6 Å². The maximum Gasteiger partial charge on any atom is 0.321 e. The van der Waals surface area contributed by atoms with Crippen LogP contribution in [0.2, 0.25) is 0 Å². The van der Waals surface area contributed by atoms with E-state index < -0.39 is 23.8 Å². The van der Waals surface area contributed by atoms with Gasteiger partial charge in [-0.25, -0.2) is 4.79 Å². The van der Waals surface area contributed by atoms with Crippen molar-refractivity contribution >= 4 is 23.5 Å². The number of amides is 3. The van der Waals surface area contributed by atoms with Crippen LogP contribution >= 0.6 is 0 Å². The number of carbonyl (C=O) groups is 3. The number of nitrogens with zero attached hydrogens (tertiary/aromatic N) is 2. The van der Waals surface area contributed by atoms with Gasteiger partial charge in [-0.2, -0.15) is 5.11 Å². The standard InChI is InChI=1S/C14H14N4O4/c1-8(19)11(12(20)9-5-3-2-4-6-9)18-17-10-7-15-14(22)16-13(10)21/h2-6,10,20H,7H2,1H3,(H2,15,16,21,22)/b12-11-,18-17?. The lowest BCUT2D eigenvalue weighted by molar-refractivity contribution is -0.122. The summed E-state index contributed by atoms with van der Waals surface area (Å²) in [5, 5.41) is 22.0. The molecule has 0 bridgehead atoms. The van der Waals surface area contributed by atoms with Gasteiger partial charge in [-0.05, 0) is 0 Å². The van der Waals surface area contributed by atoms with Gasteiger partial charge in [0.2, 0.25) is 0 Å². The molecule has 22 heavy (non-hydrogen) atoms. The maximum atomic E-state index is 11.6. The molecule has 0 spiro atoms. The van der Waals surface area contributed by atoms with E-state index >= 15 is 0 Å². The number of aliphatic hydroxyl groups excluding tert-OH is 1. The highest BCUT2D eigenvalue weighted by atomic mass is 16.3. The molecule has 8 heteroatoms. The Labute approximate surface area is 125 Å². The van der Waals surface area contributed by atoms with Crippen LogP contribution < -0.4 is 10.6 Å². The predicted octanol–water partition coefficient (Wildman–Crippen LogP) is 1.16. The molecule has 3 N–H and O–H groups in total. The molecule has 0 aliphatic carbocycles. The SMILES string of the molecule is CC(=O)/C(N=NC1CNC(=O)NC1=O)=C(/O)c1ccccc1. The molecule has 1 aliphatic heterocycles. The quantitative estimate of drug-likeness (QED) is 0.439. The van der Waals surface area contributed by atoms with Crippen molar-refractivity contribution < 1.29 is 19.5 Å². The second kappa shape index (κ2) is 6.61. The molecule has 0 aromatic heterocycles. The summed E-state index contributed by atoms with van der Waals surface area (Å²) < 4.78 is 0. The third-order valence-corrected chi connectivity index (χ3v) is 2.90. The number of urea groups is 1. The summed E-state index contributed by atoms with van der Waals surface area (Å²) in [4.78, 5) is 34.1. The van der Waals surface area contributed by atoms with Crippen molar-refractivity contribution in [2.45, 2.75) is 13.0 Å². The molecular weight excluding hydrogens is 288 g/mol. The molecule has 1 aliphatic rings. The van der Waals surface area contributed by atoms with Crippen LogP contribution in [-0.4, -0.2) is 35.4 Å². The number of allylic oxidation sites excluding steroid dienone is 1. The molecule has 0 radical (unpaired) electrons. The van der Waals surface area contributed by atoms with Gasteiger partial charge in [0.1, 0.15) is 0 Å². The predicted molar refractivity (Wildman–Crippen MR) is 76.9 cm³/mol. The van der Waals surface area contributed by atoms with E-state index in [-0.39, 0.29) is 18.0 Å². The maximum absolute atomic E-state index is 11.6. The fourth-order valence-corrected chi connectivity index (χ4v) is 1.76. The Hall–Kier alpha value is -3.03. The molecule has 1 aromatic rings. The van der Waals surface area contributed by atoms with Crippen molar-refractivity contribution in [2.75, 3.05) is 6.54 Å². The second-order valence-electron chi connectivity index (χ2n) is 4.55.